The number of carbonyl (C=O) groups excluding carboxylic acids is 1. The Morgan fingerprint density at radius 2 is 1.97 bits per heavy atom. The van der Waals surface area contributed by atoms with E-state index in [0.29, 0.717) is 17.7 Å². The fraction of sp³-hybridized carbons (Fsp3) is 0.333. The summed E-state index contributed by atoms with van der Waals surface area (Å²) in [6.45, 7) is 3.40. The molecular weight excluding hydrogens is 397 g/mol. The zero-order chi connectivity index (χ0) is 21.7. The number of hydrogen-bond acceptors (Lipinski definition) is 3. The van der Waals surface area contributed by atoms with E-state index in [9.17, 15) is 18.0 Å². The molecule has 3 aromatic rings. The van der Waals surface area contributed by atoms with Gasteiger partial charge < -0.3 is 15.4 Å². The highest BCUT2D eigenvalue weighted by atomic mass is 19.4. The number of nitrogens with one attached hydrogen (secondary N) is 2. The van der Waals surface area contributed by atoms with Crippen molar-refractivity contribution in [3.05, 3.63) is 53.7 Å². The van der Waals surface area contributed by atoms with E-state index in [1.807, 2.05) is 6.07 Å². The second-order valence-corrected chi connectivity index (χ2v) is 7.95. The van der Waals surface area contributed by atoms with Crippen LogP contribution in [0, 0.1) is 0 Å². The summed E-state index contributed by atoms with van der Waals surface area (Å²) in [5.41, 5.74) is -0.0109. The summed E-state index contributed by atoms with van der Waals surface area (Å²) < 4.78 is 47.8. The van der Waals surface area contributed by atoms with Gasteiger partial charge in [-0.05, 0) is 32.0 Å². The monoisotopic (exact) mass is 418 g/mol. The first kappa shape index (κ1) is 20.1. The molecule has 1 aliphatic heterocycles. The van der Waals surface area contributed by atoms with Crippen molar-refractivity contribution in [1.82, 2.24) is 15.1 Å². The van der Waals surface area contributed by atoms with E-state index in [2.05, 4.69) is 15.7 Å². The number of alkyl halides is 3. The van der Waals surface area contributed by atoms with Crippen molar-refractivity contribution < 1.29 is 22.7 Å². The summed E-state index contributed by atoms with van der Waals surface area (Å²) >= 11 is 0. The molecule has 2 amide bonds. The first-order valence-corrected chi connectivity index (χ1v) is 9.42. The van der Waals surface area contributed by atoms with Crippen LogP contribution in [0.3, 0.4) is 0 Å². The van der Waals surface area contributed by atoms with Gasteiger partial charge in [-0.3, -0.25) is 4.68 Å². The molecule has 0 bridgehead atoms. The molecule has 0 aliphatic carbocycles. The van der Waals surface area contributed by atoms with Crippen molar-refractivity contribution in [2.24, 2.45) is 7.05 Å². The average Bonchev–Trinajstić information content (AvgIpc) is 3.02. The van der Waals surface area contributed by atoms with Crippen LogP contribution < -0.4 is 15.4 Å². The summed E-state index contributed by atoms with van der Waals surface area (Å²) in [5.74, 6) is -0.235. The van der Waals surface area contributed by atoms with E-state index in [1.54, 1.807) is 50.0 Å². The molecule has 2 aromatic carbocycles. The Morgan fingerprint density at radius 1 is 1.23 bits per heavy atom. The van der Waals surface area contributed by atoms with E-state index < -0.39 is 29.4 Å². The van der Waals surface area contributed by atoms with Gasteiger partial charge in [0.25, 0.3) is 0 Å². The van der Waals surface area contributed by atoms with Crippen molar-refractivity contribution in [2.75, 3.05) is 5.32 Å². The number of rotatable bonds is 2. The smallest absolute Gasteiger partial charge is 0.419 e. The standard InChI is InChI=1S/C21H21F3N4O2/c1-20(2)10-16(12-6-4-7-14(18(12)30-20)21(22,23)24)27-19(29)26-15-8-5-9-17-13(15)11-25-28(17)3/h4-9,11,16H,10H2,1-3H3,(H2,26,27,29)/t16-/m1/s1. The summed E-state index contributed by atoms with van der Waals surface area (Å²) in [6, 6.07) is 8.12. The van der Waals surface area contributed by atoms with E-state index in [4.69, 9.17) is 4.74 Å². The number of urea groups is 1. The first-order valence-electron chi connectivity index (χ1n) is 9.42. The van der Waals surface area contributed by atoms with E-state index in [1.165, 1.54) is 6.07 Å². The minimum Gasteiger partial charge on any atom is -0.487 e. The maximum Gasteiger partial charge on any atom is 0.419 e. The molecule has 30 heavy (non-hydrogen) atoms. The molecule has 0 fully saturated rings. The topological polar surface area (TPSA) is 68.2 Å². The van der Waals surface area contributed by atoms with E-state index in [-0.39, 0.29) is 5.75 Å². The zero-order valence-corrected chi connectivity index (χ0v) is 16.7. The third-order valence-corrected chi connectivity index (χ3v) is 5.15. The van der Waals surface area contributed by atoms with Crippen LogP contribution in [0.25, 0.3) is 10.9 Å². The maximum absolute atomic E-state index is 13.5. The van der Waals surface area contributed by atoms with Crippen LogP contribution in [-0.2, 0) is 13.2 Å². The van der Waals surface area contributed by atoms with Crippen molar-refractivity contribution in [3.63, 3.8) is 0 Å². The number of hydrogen-bond donors (Lipinski definition) is 2. The van der Waals surface area contributed by atoms with Gasteiger partial charge in [0, 0.05) is 24.4 Å². The lowest BCUT2D eigenvalue weighted by atomic mass is 9.88. The fourth-order valence-corrected chi connectivity index (χ4v) is 3.82. The zero-order valence-electron chi connectivity index (χ0n) is 16.7. The SMILES string of the molecule is Cn1ncc2c(NC(=O)N[C@@H]3CC(C)(C)Oc4c3cccc4C(F)(F)F)cccc21. The molecule has 0 saturated carbocycles. The number of aromatic nitrogens is 2. The lowest BCUT2D eigenvalue weighted by Crippen LogP contribution is -2.43. The molecule has 0 spiro atoms. The van der Waals surface area contributed by atoms with Gasteiger partial charge in [-0.15, -0.1) is 0 Å². The van der Waals surface area contributed by atoms with Gasteiger partial charge in [-0.25, -0.2) is 4.79 Å². The average molecular weight is 418 g/mol. The predicted octanol–water partition coefficient (Wildman–Crippen LogP) is 5.02. The van der Waals surface area contributed by atoms with Crippen molar-refractivity contribution >= 4 is 22.6 Å². The second-order valence-electron chi connectivity index (χ2n) is 7.95. The Kier molecular flexibility index (Phi) is 4.63. The number of para-hydroxylation sites is 1. The van der Waals surface area contributed by atoms with Gasteiger partial charge in [-0.1, -0.05) is 18.2 Å². The Bertz CT molecular complexity index is 1120. The molecule has 2 N–H and O–H groups in total. The number of benzene rings is 2. The third kappa shape index (κ3) is 3.67. The molecule has 158 valence electrons. The van der Waals surface area contributed by atoms with Crippen LogP contribution in [0.5, 0.6) is 5.75 Å². The fourth-order valence-electron chi connectivity index (χ4n) is 3.82. The highest BCUT2D eigenvalue weighted by molar-refractivity contribution is 6.00. The van der Waals surface area contributed by atoms with Crippen molar-refractivity contribution in [1.29, 1.82) is 0 Å². The molecule has 1 aromatic heterocycles. The summed E-state index contributed by atoms with van der Waals surface area (Å²) in [5, 5.41) is 10.5. The number of fused-ring (bicyclic) bond motifs is 2. The number of ether oxygens (including phenoxy) is 1. The minimum absolute atomic E-state index is 0.235. The molecular formula is C21H21F3N4O2. The Hall–Kier alpha value is -3.23. The Labute approximate surface area is 171 Å². The number of amides is 2. The molecule has 1 atom stereocenters. The maximum atomic E-state index is 13.5. The number of nitrogens with zero attached hydrogens (tertiary/aromatic N) is 2. The molecule has 0 saturated heterocycles. The number of halogens is 3. The summed E-state index contributed by atoms with van der Waals surface area (Å²) in [7, 11) is 1.80. The van der Waals surface area contributed by atoms with Crippen LogP contribution in [0.2, 0.25) is 0 Å². The van der Waals surface area contributed by atoms with Gasteiger partial charge in [0.05, 0.1) is 29.0 Å². The minimum atomic E-state index is -4.55. The van der Waals surface area contributed by atoms with E-state index in [0.717, 1.165) is 17.0 Å². The van der Waals surface area contributed by atoms with Crippen LogP contribution in [-0.4, -0.2) is 21.4 Å². The van der Waals surface area contributed by atoms with Crippen LogP contribution in [0.1, 0.15) is 37.4 Å². The van der Waals surface area contributed by atoms with Crippen LogP contribution in [0.15, 0.2) is 42.6 Å². The lowest BCUT2D eigenvalue weighted by Gasteiger charge is -2.39. The quantitative estimate of drug-likeness (QED) is 0.614. The Balaban J connectivity index is 1.63. The van der Waals surface area contributed by atoms with Gasteiger partial charge in [0.1, 0.15) is 11.4 Å². The molecule has 0 unspecified atom stereocenters. The van der Waals surface area contributed by atoms with Crippen molar-refractivity contribution in [3.8, 4) is 5.75 Å². The van der Waals surface area contributed by atoms with E-state index >= 15 is 0 Å². The normalized spacial score (nSPS) is 17.9. The molecule has 9 heteroatoms. The number of carbonyl (C=O) groups is 1. The summed E-state index contributed by atoms with van der Waals surface area (Å²) in [4.78, 5) is 12.7. The first-order chi connectivity index (χ1) is 14.0. The molecule has 2 heterocycles. The Morgan fingerprint density at radius 3 is 2.70 bits per heavy atom. The molecule has 6 nitrogen and oxygen atoms in total. The van der Waals surface area contributed by atoms with Crippen LogP contribution >= 0.6 is 0 Å². The van der Waals surface area contributed by atoms with Gasteiger partial charge >= 0.3 is 12.2 Å². The lowest BCUT2D eigenvalue weighted by molar-refractivity contribution is -0.140. The highest BCUT2D eigenvalue weighted by Gasteiger charge is 2.42. The largest absolute Gasteiger partial charge is 0.487 e. The van der Waals surface area contributed by atoms with Gasteiger partial charge in [0.2, 0.25) is 0 Å². The van der Waals surface area contributed by atoms with Crippen molar-refractivity contribution in [2.45, 2.75) is 38.1 Å². The predicted molar refractivity (Wildman–Crippen MR) is 106 cm³/mol. The van der Waals surface area contributed by atoms with Gasteiger partial charge in [-0.2, -0.15) is 18.3 Å². The van der Waals surface area contributed by atoms with Crippen LogP contribution in [0.4, 0.5) is 23.7 Å². The third-order valence-electron chi connectivity index (χ3n) is 5.15. The highest BCUT2D eigenvalue weighted by Crippen LogP contribution is 2.46. The molecule has 1 aliphatic rings. The number of anilines is 1. The molecule has 4 rings (SSSR count). The summed E-state index contributed by atoms with van der Waals surface area (Å²) in [6.07, 6.45) is -2.58. The molecule has 0 radical (unpaired) electrons. The van der Waals surface area contributed by atoms with Gasteiger partial charge in [0.15, 0.2) is 0 Å². The second kappa shape index (κ2) is 6.93. The number of aryl methyl sites for hydroxylation is 1.